The Morgan fingerprint density at radius 3 is 2.68 bits per heavy atom. The summed E-state index contributed by atoms with van der Waals surface area (Å²) in [5, 5.41) is 2.02. The number of hydrogen-bond donors (Lipinski definition) is 0. The number of hydrogen-bond acceptors (Lipinski definition) is 5. The van der Waals surface area contributed by atoms with Gasteiger partial charge in [0, 0.05) is 25.1 Å². The molecular formula is C23H29FN2O4S. The molecule has 1 atom stereocenters. The van der Waals surface area contributed by atoms with E-state index in [4.69, 9.17) is 9.47 Å². The zero-order chi connectivity index (χ0) is 22.4. The van der Waals surface area contributed by atoms with Gasteiger partial charge in [-0.25, -0.2) is 4.39 Å². The Morgan fingerprint density at radius 1 is 1.26 bits per heavy atom. The lowest BCUT2D eigenvalue weighted by Crippen LogP contribution is -2.49. The third-order valence-electron chi connectivity index (χ3n) is 5.17. The summed E-state index contributed by atoms with van der Waals surface area (Å²) >= 11 is 1.68. The van der Waals surface area contributed by atoms with Crippen molar-refractivity contribution in [2.24, 2.45) is 5.92 Å². The van der Waals surface area contributed by atoms with E-state index in [-0.39, 0.29) is 49.3 Å². The van der Waals surface area contributed by atoms with Crippen LogP contribution in [-0.4, -0.2) is 61.6 Å². The SMILES string of the molecule is COCC(=O)N(CC(=O)N1CCc2sccc2[C@H]1COc1ccc(F)cc1)CC(C)C. The van der Waals surface area contributed by atoms with Gasteiger partial charge < -0.3 is 19.3 Å². The molecule has 3 rings (SSSR count). The first-order valence-corrected chi connectivity index (χ1v) is 11.3. The second-order valence-electron chi connectivity index (χ2n) is 8.02. The van der Waals surface area contributed by atoms with E-state index in [0.717, 1.165) is 12.0 Å². The molecule has 0 fully saturated rings. The first kappa shape index (κ1) is 23.2. The summed E-state index contributed by atoms with van der Waals surface area (Å²) in [7, 11) is 1.47. The average molecular weight is 449 g/mol. The Balaban J connectivity index is 1.75. The molecular weight excluding hydrogens is 419 g/mol. The Morgan fingerprint density at radius 2 is 2.00 bits per heavy atom. The summed E-state index contributed by atoms with van der Waals surface area (Å²) in [5.41, 5.74) is 1.07. The number of fused-ring (bicyclic) bond motifs is 1. The highest BCUT2D eigenvalue weighted by Gasteiger charge is 2.33. The molecule has 0 bridgehead atoms. The third kappa shape index (κ3) is 6.04. The fraction of sp³-hybridized carbons (Fsp3) is 0.478. The van der Waals surface area contributed by atoms with Crippen LogP contribution < -0.4 is 4.74 Å². The van der Waals surface area contributed by atoms with Crippen molar-refractivity contribution in [3.8, 4) is 5.75 Å². The minimum absolute atomic E-state index is 0.00684. The Hall–Kier alpha value is -2.45. The van der Waals surface area contributed by atoms with E-state index in [9.17, 15) is 14.0 Å². The summed E-state index contributed by atoms with van der Waals surface area (Å²) in [6.45, 7) is 5.29. The standard InChI is InChI=1S/C23H29FN2O4S/c1-16(2)12-25(23(28)15-29-3)13-22(27)26-10-8-21-19(9-11-31-21)20(26)14-30-18-6-4-17(24)5-7-18/h4-7,9,11,16,20H,8,10,12-15H2,1-3H3/t20-/m1/s1. The van der Waals surface area contributed by atoms with Gasteiger partial charge in [0.15, 0.2) is 0 Å². The number of thiophene rings is 1. The van der Waals surface area contributed by atoms with Gasteiger partial charge in [0.2, 0.25) is 11.8 Å². The number of rotatable bonds is 9. The molecule has 1 aliphatic rings. The maximum atomic E-state index is 13.3. The maximum absolute atomic E-state index is 13.3. The van der Waals surface area contributed by atoms with Crippen molar-refractivity contribution in [1.82, 2.24) is 9.80 Å². The first-order chi connectivity index (χ1) is 14.9. The van der Waals surface area contributed by atoms with Crippen LogP contribution in [0.15, 0.2) is 35.7 Å². The molecule has 0 aliphatic carbocycles. The molecule has 6 nitrogen and oxygen atoms in total. The van der Waals surface area contributed by atoms with Gasteiger partial charge in [-0.2, -0.15) is 0 Å². The molecule has 1 aliphatic heterocycles. The molecule has 1 aromatic carbocycles. The van der Waals surface area contributed by atoms with Crippen LogP contribution in [0.4, 0.5) is 4.39 Å². The Labute approximate surface area is 186 Å². The molecule has 0 spiro atoms. The average Bonchev–Trinajstić information content (AvgIpc) is 3.21. The molecule has 168 valence electrons. The van der Waals surface area contributed by atoms with E-state index < -0.39 is 0 Å². The van der Waals surface area contributed by atoms with Crippen molar-refractivity contribution < 1.29 is 23.5 Å². The van der Waals surface area contributed by atoms with E-state index in [0.29, 0.717) is 18.8 Å². The molecule has 1 aromatic heterocycles. The molecule has 2 aromatic rings. The van der Waals surface area contributed by atoms with E-state index in [1.807, 2.05) is 25.3 Å². The fourth-order valence-corrected chi connectivity index (χ4v) is 4.67. The predicted octanol–water partition coefficient (Wildman–Crippen LogP) is 3.52. The lowest BCUT2D eigenvalue weighted by molar-refractivity contribution is -0.145. The monoisotopic (exact) mass is 448 g/mol. The number of carbonyl (C=O) groups excluding carboxylic acids is 2. The lowest BCUT2D eigenvalue weighted by atomic mass is 10.0. The maximum Gasteiger partial charge on any atom is 0.249 e. The highest BCUT2D eigenvalue weighted by Crippen LogP contribution is 2.34. The van der Waals surface area contributed by atoms with E-state index in [1.54, 1.807) is 33.3 Å². The number of amides is 2. The van der Waals surface area contributed by atoms with Crippen LogP contribution in [0, 0.1) is 11.7 Å². The second kappa shape index (κ2) is 10.7. The molecule has 31 heavy (non-hydrogen) atoms. The van der Waals surface area contributed by atoms with Gasteiger partial charge >= 0.3 is 0 Å². The van der Waals surface area contributed by atoms with Crippen LogP contribution >= 0.6 is 11.3 Å². The van der Waals surface area contributed by atoms with Crippen LogP contribution in [0.25, 0.3) is 0 Å². The summed E-state index contributed by atoms with van der Waals surface area (Å²) in [6, 6.07) is 7.62. The molecule has 2 amide bonds. The number of ether oxygens (including phenoxy) is 2. The van der Waals surface area contributed by atoms with Crippen molar-refractivity contribution in [2.75, 3.05) is 40.0 Å². The number of nitrogens with zero attached hydrogens (tertiary/aromatic N) is 2. The second-order valence-corrected chi connectivity index (χ2v) is 9.02. The largest absolute Gasteiger partial charge is 0.491 e. The van der Waals surface area contributed by atoms with Gasteiger partial charge in [-0.15, -0.1) is 11.3 Å². The van der Waals surface area contributed by atoms with Crippen LogP contribution in [-0.2, 0) is 20.7 Å². The topological polar surface area (TPSA) is 59.1 Å². The minimum Gasteiger partial charge on any atom is -0.491 e. The van der Waals surface area contributed by atoms with E-state index in [1.165, 1.54) is 24.1 Å². The lowest BCUT2D eigenvalue weighted by Gasteiger charge is -2.37. The molecule has 2 heterocycles. The minimum atomic E-state index is -0.326. The van der Waals surface area contributed by atoms with Gasteiger partial charge in [0.25, 0.3) is 0 Å². The smallest absolute Gasteiger partial charge is 0.249 e. The number of halogens is 1. The molecule has 0 saturated heterocycles. The van der Waals surface area contributed by atoms with Crippen LogP contribution in [0.2, 0.25) is 0 Å². The summed E-state index contributed by atoms with van der Waals surface area (Å²) in [4.78, 5) is 30.3. The molecule has 0 radical (unpaired) electrons. The number of benzene rings is 1. The van der Waals surface area contributed by atoms with Crippen LogP contribution in [0.5, 0.6) is 5.75 Å². The van der Waals surface area contributed by atoms with Crippen molar-refractivity contribution >= 4 is 23.2 Å². The van der Waals surface area contributed by atoms with Gasteiger partial charge in [0.05, 0.1) is 12.6 Å². The molecule has 0 N–H and O–H groups in total. The van der Waals surface area contributed by atoms with E-state index >= 15 is 0 Å². The highest BCUT2D eigenvalue weighted by atomic mass is 32.1. The van der Waals surface area contributed by atoms with Gasteiger partial charge in [-0.1, -0.05) is 13.8 Å². The Bertz CT molecular complexity index is 884. The van der Waals surface area contributed by atoms with Crippen molar-refractivity contribution in [2.45, 2.75) is 26.3 Å². The van der Waals surface area contributed by atoms with Gasteiger partial charge in [-0.05, 0) is 53.6 Å². The zero-order valence-corrected chi connectivity index (χ0v) is 19.0. The van der Waals surface area contributed by atoms with Crippen molar-refractivity contribution in [1.29, 1.82) is 0 Å². The van der Waals surface area contributed by atoms with Gasteiger partial charge in [0.1, 0.15) is 24.8 Å². The molecule has 0 saturated carbocycles. The molecule has 8 heteroatoms. The predicted molar refractivity (Wildman–Crippen MR) is 118 cm³/mol. The first-order valence-electron chi connectivity index (χ1n) is 10.4. The molecule has 0 unspecified atom stereocenters. The summed E-state index contributed by atoms with van der Waals surface area (Å²) in [6.07, 6.45) is 0.780. The third-order valence-corrected chi connectivity index (χ3v) is 6.17. The van der Waals surface area contributed by atoms with Crippen LogP contribution in [0.3, 0.4) is 0 Å². The summed E-state index contributed by atoms with van der Waals surface area (Å²) in [5.74, 6) is 0.142. The van der Waals surface area contributed by atoms with Crippen LogP contribution in [0.1, 0.15) is 30.3 Å². The van der Waals surface area contributed by atoms with E-state index in [2.05, 4.69) is 0 Å². The van der Waals surface area contributed by atoms with Crippen molar-refractivity contribution in [3.05, 3.63) is 52.0 Å². The highest BCUT2D eigenvalue weighted by molar-refractivity contribution is 7.10. The zero-order valence-electron chi connectivity index (χ0n) is 18.2. The van der Waals surface area contributed by atoms with Gasteiger partial charge in [-0.3, -0.25) is 9.59 Å². The summed E-state index contributed by atoms with van der Waals surface area (Å²) < 4.78 is 24.1. The Kier molecular flexibility index (Phi) is 8.03. The van der Waals surface area contributed by atoms with Crippen molar-refractivity contribution in [3.63, 3.8) is 0 Å². The fourth-order valence-electron chi connectivity index (χ4n) is 3.74. The quantitative estimate of drug-likeness (QED) is 0.589. The number of carbonyl (C=O) groups is 2. The normalized spacial score (nSPS) is 15.6. The number of methoxy groups -OCH3 is 1.